The molecule has 0 saturated carbocycles. The molecule has 0 fully saturated rings. The maximum absolute atomic E-state index is 12.5. The van der Waals surface area contributed by atoms with Crippen LogP contribution >= 0.6 is 0 Å². The molecule has 1 aromatic carbocycles. The number of halogens is 3. The third kappa shape index (κ3) is 3.93. The maximum atomic E-state index is 12.5. The Labute approximate surface area is 138 Å². The summed E-state index contributed by atoms with van der Waals surface area (Å²) in [6.07, 6.45) is 3.95. The van der Waals surface area contributed by atoms with E-state index in [1.165, 1.54) is 29.7 Å². The van der Waals surface area contributed by atoms with E-state index in [2.05, 4.69) is 5.32 Å². The molecule has 0 aliphatic heterocycles. The van der Waals surface area contributed by atoms with E-state index in [1.807, 2.05) is 23.0 Å². The number of hydrogen-bond acceptors (Lipinski definition) is 1. The van der Waals surface area contributed by atoms with Gasteiger partial charge in [-0.1, -0.05) is 0 Å². The zero-order valence-corrected chi connectivity index (χ0v) is 13.1. The van der Waals surface area contributed by atoms with Crippen LogP contribution in [0.5, 0.6) is 0 Å². The Balaban J connectivity index is 1.63. The van der Waals surface area contributed by atoms with Crippen LogP contribution in [-0.4, -0.2) is 5.91 Å². The van der Waals surface area contributed by atoms with Crippen molar-refractivity contribution < 1.29 is 22.5 Å². The fourth-order valence-corrected chi connectivity index (χ4v) is 2.93. The van der Waals surface area contributed by atoms with Gasteiger partial charge in [0.05, 0.1) is 5.56 Å². The number of amides is 1. The first kappa shape index (κ1) is 16.5. The predicted molar refractivity (Wildman–Crippen MR) is 83.4 cm³/mol. The van der Waals surface area contributed by atoms with Gasteiger partial charge in [-0.2, -0.15) is 17.7 Å². The summed E-state index contributed by atoms with van der Waals surface area (Å²) in [6.45, 7) is 0.133. The molecule has 3 nitrogen and oxygen atoms in total. The smallest absolute Gasteiger partial charge is 0.321 e. The van der Waals surface area contributed by atoms with Crippen LogP contribution in [0.1, 0.15) is 29.5 Å². The van der Waals surface area contributed by atoms with Gasteiger partial charge in [-0.25, -0.2) is 0 Å². The SMILES string of the molecule is O=C(C[n+]1ccc2c(c1)CCCC2)Nc1ccc(C(F)(F)F)cc1. The Hall–Kier alpha value is -2.37. The molecule has 1 aliphatic rings. The Morgan fingerprint density at radius 1 is 1.04 bits per heavy atom. The van der Waals surface area contributed by atoms with Gasteiger partial charge in [0, 0.05) is 17.3 Å². The van der Waals surface area contributed by atoms with Crippen molar-refractivity contribution in [1.29, 1.82) is 0 Å². The molecular weight excluding hydrogens is 317 g/mol. The normalized spacial score (nSPS) is 14.1. The van der Waals surface area contributed by atoms with Gasteiger partial charge in [0.2, 0.25) is 6.54 Å². The lowest BCUT2D eigenvalue weighted by Gasteiger charge is -2.13. The second kappa shape index (κ2) is 6.63. The van der Waals surface area contributed by atoms with Crippen molar-refractivity contribution in [1.82, 2.24) is 0 Å². The first-order chi connectivity index (χ1) is 11.4. The summed E-state index contributed by atoms with van der Waals surface area (Å²) >= 11 is 0. The van der Waals surface area contributed by atoms with E-state index >= 15 is 0 Å². The van der Waals surface area contributed by atoms with Crippen molar-refractivity contribution in [2.24, 2.45) is 0 Å². The summed E-state index contributed by atoms with van der Waals surface area (Å²) in [4.78, 5) is 12.1. The Morgan fingerprint density at radius 2 is 1.71 bits per heavy atom. The fourth-order valence-electron chi connectivity index (χ4n) is 2.93. The molecule has 1 amide bonds. The summed E-state index contributed by atoms with van der Waals surface area (Å²) in [5, 5.41) is 2.62. The number of aryl methyl sites for hydroxylation is 2. The second-order valence-electron chi connectivity index (χ2n) is 6.00. The van der Waals surface area contributed by atoms with Crippen LogP contribution in [-0.2, 0) is 30.4 Å². The Bertz CT molecular complexity index is 739. The van der Waals surface area contributed by atoms with E-state index in [9.17, 15) is 18.0 Å². The van der Waals surface area contributed by atoms with Crippen molar-refractivity contribution in [2.45, 2.75) is 38.4 Å². The number of carbonyl (C=O) groups is 1. The third-order valence-corrected chi connectivity index (χ3v) is 4.17. The lowest BCUT2D eigenvalue weighted by Crippen LogP contribution is -2.40. The van der Waals surface area contributed by atoms with Crippen molar-refractivity contribution in [2.75, 3.05) is 5.32 Å². The zero-order chi connectivity index (χ0) is 17.2. The van der Waals surface area contributed by atoms with Gasteiger partial charge in [0.15, 0.2) is 12.4 Å². The fraction of sp³-hybridized carbons (Fsp3) is 0.333. The zero-order valence-electron chi connectivity index (χ0n) is 13.1. The van der Waals surface area contributed by atoms with Gasteiger partial charge in [0.25, 0.3) is 5.91 Å². The molecule has 3 rings (SSSR count). The molecule has 1 aromatic heterocycles. The number of nitrogens with one attached hydrogen (secondary N) is 1. The van der Waals surface area contributed by atoms with Crippen molar-refractivity contribution in [3.05, 3.63) is 59.4 Å². The average molecular weight is 335 g/mol. The average Bonchev–Trinajstić information content (AvgIpc) is 2.54. The van der Waals surface area contributed by atoms with Crippen LogP contribution in [0.25, 0.3) is 0 Å². The minimum atomic E-state index is -4.37. The first-order valence-electron chi connectivity index (χ1n) is 7.90. The van der Waals surface area contributed by atoms with E-state index in [1.54, 1.807) is 0 Å². The van der Waals surface area contributed by atoms with Gasteiger partial charge >= 0.3 is 6.18 Å². The summed E-state index contributed by atoms with van der Waals surface area (Å²) in [6, 6.07) is 6.49. The van der Waals surface area contributed by atoms with Crippen molar-refractivity contribution >= 4 is 11.6 Å². The van der Waals surface area contributed by atoms with Gasteiger partial charge in [0.1, 0.15) is 0 Å². The van der Waals surface area contributed by atoms with E-state index < -0.39 is 11.7 Å². The molecule has 0 bridgehead atoms. The molecule has 0 unspecified atom stereocenters. The standard InChI is InChI=1S/C18H17F3N2O/c19-18(20,21)15-5-7-16(8-6-15)22-17(24)12-23-10-9-13-3-1-2-4-14(13)11-23/h5-11H,1-4,12H2/p+1. The highest BCUT2D eigenvalue weighted by molar-refractivity contribution is 5.89. The predicted octanol–water partition coefficient (Wildman–Crippen LogP) is 3.51. The van der Waals surface area contributed by atoms with Gasteiger partial charge in [-0.3, -0.25) is 4.79 Å². The highest BCUT2D eigenvalue weighted by Gasteiger charge is 2.30. The lowest BCUT2D eigenvalue weighted by molar-refractivity contribution is -0.684. The number of benzene rings is 1. The van der Waals surface area contributed by atoms with Crippen molar-refractivity contribution in [3.63, 3.8) is 0 Å². The molecular formula is C18H18F3N2O+. The van der Waals surface area contributed by atoms with E-state index in [0.717, 1.165) is 31.4 Å². The van der Waals surface area contributed by atoms with E-state index in [0.29, 0.717) is 5.69 Å². The molecule has 0 spiro atoms. The van der Waals surface area contributed by atoms with Gasteiger partial charge < -0.3 is 5.32 Å². The van der Waals surface area contributed by atoms with Gasteiger partial charge in [-0.05, 0) is 55.5 Å². The minimum Gasteiger partial charge on any atom is -0.321 e. The highest BCUT2D eigenvalue weighted by atomic mass is 19.4. The van der Waals surface area contributed by atoms with Crippen molar-refractivity contribution in [3.8, 4) is 0 Å². The summed E-state index contributed by atoms with van der Waals surface area (Å²) < 4.78 is 39.4. The molecule has 0 saturated heterocycles. The highest BCUT2D eigenvalue weighted by Crippen LogP contribution is 2.29. The quantitative estimate of drug-likeness (QED) is 0.856. The largest absolute Gasteiger partial charge is 0.416 e. The molecule has 1 N–H and O–H groups in total. The maximum Gasteiger partial charge on any atom is 0.416 e. The first-order valence-corrected chi connectivity index (χ1v) is 7.90. The van der Waals surface area contributed by atoms with Crippen LogP contribution in [0.2, 0.25) is 0 Å². The lowest BCUT2D eigenvalue weighted by atomic mass is 9.93. The minimum absolute atomic E-state index is 0.133. The number of rotatable bonds is 3. The number of fused-ring (bicyclic) bond motifs is 1. The van der Waals surface area contributed by atoms with Crippen LogP contribution < -0.4 is 9.88 Å². The van der Waals surface area contributed by atoms with Crippen LogP contribution in [0.3, 0.4) is 0 Å². The Kier molecular flexibility index (Phi) is 4.55. The van der Waals surface area contributed by atoms with Crippen LogP contribution in [0.15, 0.2) is 42.7 Å². The van der Waals surface area contributed by atoms with E-state index in [4.69, 9.17) is 0 Å². The summed E-state index contributed by atoms with van der Waals surface area (Å²) in [5.74, 6) is -0.268. The van der Waals surface area contributed by atoms with Gasteiger partial charge in [-0.15, -0.1) is 0 Å². The monoisotopic (exact) mass is 335 g/mol. The summed E-state index contributed by atoms with van der Waals surface area (Å²) in [5.41, 5.74) is 2.22. The molecule has 0 radical (unpaired) electrons. The molecule has 1 heterocycles. The molecule has 0 atom stereocenters. The molecule has 1 aliphatic carbocycles. The number of pyridine rings is 1. The molecule has 24 heavy (non-hydrogen) atoms. The number of anilines is 1. The number of carbonyl (C=O) groups excluding carboxylic acids is 1. The molecule has 6 heteroatoms. The van der Waals surface area contributed by atoms with Crippen LogP contribution in [0, 0.1) is 0 Å². The summed E-state index contributed by atoms with van der Waals surface area (Å²) in [7, 11) is 0. The number of aromatic nitrogens is 1. The third-order valence-electron chi connectivity index (χ3n) is 4.17. The molecule has 2 aromatic rings. The second-order valence-corrected chi connectivity index (χ2v) is 6.00. The van der Waals surface area contributed by atoms with E-state index in [-0.39, 0.29) is 12.5 Å². The number of nitrogens with zero attached hydrogens (tertiary/aromatic N) is 1. The number of hydrogen-bond donors (Lipinski definition) is 1. The number of alkyl halides is 3. The molecule has 126 valence electrons. The topological polar surface area (TPSA) is 33.0 Å². The Morgan fingerprint density at radius 3 is 2.38 bits per heavy atom. The van der Waals surface area contributed by atoms with Crippen LogP contribution in [0.4, 0.5) is 18.9 Å².